The van der Waals surface area contributed by atoms with Crippen LogP contribution in [0.15, 0.2) is 24.4 Å². The van der Waals surface area contributed by atoms with Crippen LogP contribution in [0, 0.1) is 19.7 Å². The molecule has 0 spiro atoms. The molecule has 0 saturated carbocycles. The lowest BCUT2D eigenvalue weighted by molar-refractivity contribution is 0.218. The van der Waals surface area contributed by atoms with E-state index in [1.807, 2.05) is 33.8 Å². The van der Waals surface area contributed by atoms with Crippen LogP contribution in [0.3, 0.4) is 0 Å². The Morgan fingerprint density at radius 1 is 1.17 bits per heavy atom. The van der Waals surface area contributed by atoms with Crippen LogP contribution < -0.4 is 5.32 Å². The molecule has 4 aromatic rings. The average molecular weight is 412 g/mol. The maximum Gasteiger partial charge on any atom is 0.167 e. The number of anilines is 1. The van der Waals surface area contributed by atoms with Gasteiger partial charge in [0.25, 0.3) is 0 Å². The van der Waals surface area contributed by atoms with Crippen LogP contribution in [0.25, 0.3) is 20.3 Å². The van der Waals surface area contributed by atoms with Crippen molar-refractivity contribution in [3.05, 3.63) is 52.6 Å². The predicted octanol–water partition coefficient (Wildman–Crippen LogP) is 4.27. The Morgan fingerprint density at radius 3 is 2.69 bits per heavy atom. The summed E-state index contributed by atoms with van der Waals surface area (Å²) in [6, 6.07) is 5.08. The van der Waals surface area contributed by atoms with E-state index in [4.69, 9.17) is 0 Å². The second-order valence-corrected chi connectivity index (χ2v) is 8.83. The Kier molecular flexibility index (Phi) is 4.92. The van der Waals surface area contributed by atoms with E-state index in [0.29, 0.717) is 11.4 Å². The van der Waals surface area contributed by atoms with Crippen LogP contribution in [0.1, 0.15) is 36.2 Å². The third-order valence-corrected chi connectivity index (χ3v) is 6.47. The minimum absolute atomic E-state index is 0.0463. The number of aliphatic hydroxyl groups excluding tert-OH is 1. The molecule has 4 rings (SSSR count). The molecule has 0 saturated heterocycles. The largest absolute Gasteiger partial charge is 0.395 e. The molecule has 0 aliphatic heterocycles. The van der Waals surface area contributed by atoms with Gasteiger partial charge in [0.15, 0.2) is 5.82 Å². The van der Waals surface area contributed by atoms with Crippen LogP contribution in [0.2, 0.25) is 0 Å². The molecule has 0 bridgehead atoms. The van der Waals surface area contributed by atoms with Crippen molar-refractivity contribution in [3.63, 3.8) is 0 Å². The summed E-state index contributed by atoms with van der Waals surface area (Å²) in [6.07, 6.45) is 1.74. The molecule has 0 aliphatic carbocycles. The maximum absolute atomic E-state index is 14.6. The molecular weight excluding hydrogens is 389 g/mol. The standard InChI is InChI=1S/C21H22FN5OS/c1-11-12(2)25-27-20-17(11)15-9-24-26-19(18(15)29-20)23-8-13-5-6-14(7-16(13)22)21(3,4)10-28/h5-7,9,28H,8,10H2,1-4H3,(H,23,26). The predicted molar refractivity (Wildman–Crippen MR) is 114 cm³/mol. The lowest BCUT2D eigenvalue weighted by atomic mass is 9.85. The molecule has 29 heavy (non-hydrogen) atoms. The number of fused-ring (bicyclic) bond motifs is 3. The van der Waals surface area contributed by atoms with Crippen molar-refractivity contribution < 1.29 is 9.50 Å². The number of thiophene rings is 1. The van der Waals surface area contributed by atoms with E-state index >= 15 is 0 Å². The first kappa shape index (κ1) is 19.6. The summed E-state index contributed by atoms with van der Waals surface area (Å²) in [4.78, 5) is 0.836. The molecule has 0 radical (unpaired) electrons. The third kappa shape index (κ3) is 3.42. The Balaban J connectivity index is 1.66. The number of aromatic nitrogens is 4. The zero-order valence-corrected chi connectivity index (χ0v) is 17.6. The average Bonchev–Trinajstić information content (AvgIpc) is 3.09. The minimum atomic E-state index is -0.488. The van der Waals surface area contributed by atoms with Gasteiger partial charge in [-0.25, -0.2) is 4.39 Å². The maximum atomic E-state index is 14.6. The second kappa shape index (κ2) is 7.27. The molecule has 3 heterocycles. The van der Waals surface area contributed by atoms with Crippen LogP contribution >= 0.6 is 11.3 Å². The minimum Gasteiger partial charge on any atom is -0.395 e. The number of hydrogen-bond acceptors (Lipinski definition) is 7. The van der Waals surface area contributed by atoms with E-state index in [2.05, 4.69) is 25.7 Å². The fraction of sp³-hybridized carbons (Fsp3) is 0.333. The van der Waals surface area contributed by atoms with Crippen molar-refractivity contribution >= 4 is 37.5 Å². The highest BCUT2D eigenvalue weighted by Crippen LogP contribution is 2.37. The first-order valence-corrected chi connectivity index (χ1v) is 10.1. The highest BCUT2D eigenvalue weighted by Gasteiger charge is 2.21. The Hall–Kier alpha value is -2.71. The molecule has 1 aromatic carbocycles. The summed E-state index contributed by atoms with van der Waals surface area (Å²) in [5, 5.41) is 31.6. The molecule has 8 heteroatoms. The topological polar surface area (TPSA) is 83.8 Å². The zero-order chi connectivity index (χ0) is 20.8. The van der Waals surface area contributed by atoms with Crippen molar-refractivity contribution in [1.29, 1.82) is 0 Å². The van der Waals surface area contributed by atoms with Gasteiger partial charge in [-0.1, -0.05) is 26.0 Å². The summed E-state index contributed by atoms with van der Waals surface area (Å²) in [7, 11) is 0. The molecule has 150 valence electrons. The number of hydrogen-bond donors (Lipinski definition) is 2. The van der Waals surface area contributed by atoms with Crippen molar-refractivity contribution in [2.75, 3.05) is 11.9 Å². The van der Waals surface area contributed by atoms with Gasteiger partial charge in [0.05, 0.1) is 23.2 Å². The number of rotatable bonds is 5. The van der Waals surface area contributed by atoms with Crippen LogP contribution in [-0.4, -0.2) is 32.1 Å². The highest BCUT2D eigenvalue weighted by atomic mass is 32.1. The van der Waals surface area contributed by atoms with E-state index in [9.17, 15) is 9.50 Å². The first-order valence-electron chi connectivity index (χ1n) is 9.33. The summed E-state index contributed by atoms with van der Waals surface area (Å²) < 4.78 is 15.6. The molecule has 0 amide bonds. The van der Waals surface area contributed by atoms with Gasteiger partial charge in [-0.15, -0.1) is 21.5 Å². The van der Waals surface area contributed by atoms with Gasteiger partial charge < -0.3 is 10.4 Å². The summed E-state index contributed by atoms with van der Waals surface area (Å²) in [5.41, 5.74) is 2.76. The normalized spacial score (nSPS) is 12.1. The van der Waals surface area contributed by atoms with E-state index in [0.717, 1.165) is 37.1 Å². The van der Waals surface area contributed by atoms with Gasteiger partial charge >= 0.3 is 0 Å². The zero-order valence-electron chi connectivity index (χ0n) is 16.7. The smallest absolute Gasteiger partial charge is 0.167 e. The van der Waals surface area contributed by atoms with Crippen LogP contribution in [-0.2, 0) is 12.0 Å². The van der Waals surface area contributed by atoms with Crippen molar-refractivity contribution in [2.45, 2.75) is 39.7 Å². The summed E-state index contributed by atoms with van der Waals surface area (Å²) in [5.74, 6) is 0.284. The third-order valence-electron chi connectivity index (χ3n) is 5.37. The van der Waals surface area contributed by atoms with E-state index in [1.165, 1.54) is 17.4 Å². The number of halogens is 1. The molecule has 0 unspecified atom stereocenters. The second-order valence-electron chi connectivity index (χ2n) is 7.83. The van der Waals surface area contributed by atoms with E-state index in [1.54, 1.807) is 12.3 Å². The van der Waals surface area contributed by atoms with E-state index < -0.39 is 5.41 Å². The highest BCUT2D eigenvalue weighted by molar-refractivity contribution is 7.26. The fourth-order valence-electron chi connectivity index (χ4n) is 3.23. The molecule has 3 aromatic heterocycles. The molecule has 0 aliphatic rings. The molecule has 6 nitrogen and oxygen atoms in total. The lowest BCUT2D eigenvalue weighted by Gasteiger charge is -2.22. The van der Waals surface area contributed by atoms with Crippen molar-refractivity contribution in [2.24, 2.45) is 0 Å². The SMILES string of the molecule is Cc1nnc2sc3c(NCc4ccc(C(C)(C)CO)cc4F)nncc3c2c1C. The van der Waals surface area contributed by atoms with Gasteiger partial charge in [0, 0.05) is 28.3 Å². The first-order chi connectivity index (χ1) is 13.8. The number of benzene rings is 1. The molecule has 0 atom stereocenters. The number of aryl methyl sites for hydroxylation is 2. The Labute approximate surface area is 171 Å². The summed E-state index contributed by atoms with van der Waals surface area (Å²) >= 11 is 1.50. The lowest BCUT2D eigenvalue weighted by Crippen LogP contribution is -2.22. The van der Waals surface area contributed by atoms with Crippen LogP contribution in [0.5, 0.6) is 0 Å². The van der Waals surface area contributed by atoms with Crippen LogP contribution in [0.4, 0.5) is 10.2 Å². The van der Waals surface area contributed by atoms with E-state index in [-0.39, 0.29) is 19.0 Å². The monoisotopic (exact) mass is 411 g/mol. The van der Waals surface area contributed by atoms with Gasteiger partial charge in [-0.05, 0) is 31.0 Å². The molecule has 0 fully saturated rings. The van der Waals surface area contributed by atoms with Gasteiger partial charge in [-0.3, -0.25) is 0 Å². The number of nitrogens with one attached hydrogen (secondary N) is 1. The van der Waals surface area contributed by atoms with Gasteiger partial charge in [-0.2, -0.15) is 10.2 Å². The van der Waals surface area contributed by atoms with Gasteiger partial charge in [0.2, 0.25) is 0 Å². The summed E-state index contributed by atoms with van der Waals surface area (Å²) in [6.45, 7) is 7.95. The Morgan fingerprint density at radius 2 is 1.97 bits per heavy atom. The molecular formula is C21H22FN5OS. The quantitative estimate of drug-likeness (QED) is 0.510. The fourth-order valence-corrected chi connectivity index (χ4v) is 4.34. The van der Waals surface area contributed by atoms with Crippen molar-refractivity contribution in [1.82, 2.24) is 20.4 Å². The van der Waals surface area contributed by atoms with Gasteiger partial charge in [0.1, 0.15) is 10.6 Å². The molecule has 2 N–H and O–H groups in total. The van der Waals surface area contributed by atoms with Crippen molar-refractivity contribution in [3.8, 4) is 0 Å². The Bertz CT molecular complexity index is 1220. The number of nitrogens with zero attached hydrogens (tertiary/aromatic N) is 4. The number of aliphatic hydroxyl groups is 1.